The second-order valence-corrected chi connectivity index (χ2v) is 7.56. The number of piperidine rings is 1. The summed E-state index contributed by atoms with van der Waals surface area (Å²) >= 11 is 0. The van der Waals surface area contributed by atoms with E-state index in [0.29, 0.717) is 0 Å². The summed E-state index contributed by atoms with van der Waals surface area (Å²) in [6, 6.07) is 0.280. The first-order chi connectivity index (χ1) is 11.3. The maximum atomic E-state index is 12.1. The van der Waals surface area contributed by atoms with Crippen molar-refractivity contribution in [3.63, 3.8) is 0 Å². The quantitative estimate of drug-likeness (QED) is 0.500. The molecule has 1 fully saturated rings. The van der Waals surface area contributed by atoms with Crippen LogP contribution in [0.25, 0.3) is 0 Å². The number of likely N-dealkylation sites (tertiary alicyclic amines) is 1. The van der Waals surface area contributed by atoms with E-state index >= 15 is 0 Å². The highest BCUT2D eigenvalue weighted by molar-refractivity contribution is 5.68. The highest BCUT2D eigenvalue weighted by atomic mass is 16.7. The summed E-state index contributed by atoms with van der Waals surface area (Å²) in [4.78, 5) is 16.4. The Labute approximate surface area is 147 Å². The lowest BCUT2D eigenvalue weighted by Gasteiger charge is -2.37. The highest BCUT2D eigenvalue weighted by Gasteiger charge is 2.28. The van der Waals surface area contributed by atoms with Crippen molar-refractivity contribution >= 4 is 6.09 Å². The van der Waals surface area contributed by atoms with Crippen LogP contribution in [-0.4, -0.2) is 74.7 Å². The summed E-state index contributed by atoms with van der Waals surface area (Å²) in [5, 5.41) is 0. The first-order valence-corrected chi connectivity index (χ1v) is 9.00. The number of nitrogens with zero attached hydrogens (tertiary/aromatic N) is 2. The molecule has 1 aliphatic rings. The number of carbonyl (C=O) groups excluding carboxylic acids is 1. The Bertz CT molecular complexity index is 359. The monoisotopic (exact) mass is 344 g/mol. The Kier molecular flexibility index (Phi) is 9.02. The average Bonchev–Trinajstić information content (AvgIpc) is 2.53. The summed E-state index contributed by atoms with van der Waals surface area (Å²) in [7, 11) is 5.21. The van der Waals surface area contributed by atoms with Gasteiger partial charge in [-0.3, -0.25) is 0 Å². The molecular formula is C18H36N2O4. The molecule has 1 rings (SSSR count). The summed E-state index contributed by atoms with van der Waals surface area (Å²) in [6.45, 7) is 8.88. The molecule has 1 amide bonds. The second-order valence-electron chi connectivity index (χ2n) is 7.56. The van der Waals surface area contributed by atoms with Gasteiger partial charge < -0.3 is 24.0 Å². The van der Waals surface area contributed by atoms with Gasteiger partial charge in [0.05, 0.1) is 0 Å². The molecule has 0 aromatic heterocycles. The molecule has 24 heavy (non-hydrogen) atoms. The fourth-order valence-electron chi connectivity index (χ4n) is 2.99. The average molecular weight is 344 g/mol. The fourth-order valence-corrected chi connectivity index (χ4v) is 2.99. The number of rotatable bonds is 8. The van der Waals surface area contributed by atoms with Gasteiger partial charge >= 0.3 is 6.09 Å². The van der Waals surface area contributed by atoms with E-state index < -0.39 is 5.60 Å². The van der Waals surface area contributed by atoms with Crippen molar-refractivity contribution in [3.05, 3.63) is 0 Å². The molecule has 6 nitrogen and oxygen atoms in total. The van der Waals surface area contributed by atoms with Gasteiger partial charge in [-0.1, -0.05) is 0 Å². The molecule has 142 valence electrons. The zero-order valence-electron chi connectivity index (χ0n) is 16.3. The van der Waals surface area contributed by atoms with Crippen LogP contribution in [0.1, 0.15) is 52.9 Å². The molecule has 0 N–H and O–H groups in total. The van der Waals surface area contributed by atoms with E-state index in [2.05, 4.69) is 4.90 Å². The van der Waals surface area contributed by atoms with Crippen molar-refractivity contribution < 1.29 is 19.0 Å². The Morgan fingerprint density at radius 3 is 2.25 bits per heavy atom. The zero-order valence-corrected chi connectivity index (χ0v) is 16.3. The van der Waals surface area contributed by atoms with Crippen LogP contribution < -0.4 is 0 Å². The maximum Gasteiger partial charge on any atom is 0.410 e. The van der Waals surface area contributed by atoms with E-state index in [1.807, 2.05) is 27.8 Å². The number of hydrogen-bond acceptors (Lipinski definition) is 5. The molecule has 0 spiro atoms. The molecule has 0 aromatic rings. The van der Waals surface area contributed by atoms with Crippen molar-refractivity contribution in [2.24, 2.45) is 0 Å². The van der Waals surface area contributed by atoms with Crippen LogP contribution in [0.5, 0.6) is 0 Å². The van der Waals surface area contributed by atoms with Crippen molar-refractivity contribution in [2.75, 3.05) is 40.9 Å². The van der Waals surface area contributed by atoms with Gasteiger partial charge in [0.25, 0.3) is 0 Å². The van der Waals surface area contributed by atoms with E-state index in [4.69, 9.17) is 14.2 Å². The molecule has 0 aliphatic carbocycles. The lowest BCUT2D eigenvalue weighted by atomic mass is 10.0. The van der Waals surface area contributed by atoms with Crippen LogP contribution in [0, 0.1) is 0 Å². The fraction of sp³-hybridized carbons (Fsp3) is 0.944. The third kappa shape index (κ3) is 7.81. The summed E-state index contributed by atoms with van der Waals surface area (Å²) in [5.41, 5.74) is -0.436. The molecule has 0 saturated carbocycles. The Morgan fingerprint density at radius 2 is 1.75 bits per heavy atom. The zero-order chi connectivity index (χ0) is 18.2. The number of carbonyl (C=O) groups is 1. The number of methoxy groups -OCH3 is 2. The van der Waals surface area contributed by atoms with Gasteiger partial charge in [0.15, 0.2) is 6.29 Å². The van der Waals surface area contributed by atoms with Gasteiger partial charge in [-0.05, 0) is 59.4 Å². The predicted octanol–water partition coefficient (Wildman–Crippen LogP) is 3.11. The van der Waals surface area contributed by atoms with Gasteiger partial charge in [0.1, 0.15) is 5.60 Å². The first-order valence-electron chi connectivity index (χ1n) is 9.00. The molecule has 1 saturated heterocycles. The Morgan fingerprint density at radius 1 is 1.17 bits per heavy atom. The van der Waals surface area contributed by atoms with Crippen molar-refractivity contribution in [1.29, 1.82) is 0 Å². The van der Waals surface area contributed by atoms with Gasteiger partial charge in [-0.15, -0.1) is 0 Å². The standard InChI is InChI=1S/C18H36N2O4/c1-18(2,3)24-17(21)19(4)15-10-13-20(14-11-15)12-8-7-9-16(22-5)23-6/h15-16H,7-14H2,1-6H3. The van der Waals surface area contributed by atoms with Crippen LogP contribution in [0.2, 0.25) is 0 Å². The number of unbranched alkanes of at least 4 members (excludes halogenated alkanes) is 1. The van der Waals surface area contributed by atoms with Gasteiger partial charge in [0.2, 0.25) is 0 Å². The van der Waals surface area contributed by atoms with Crippen LogP contribution in [0.4, 0.5) is 4.79 Å². The molecule has 0 unspecified atom stereocenters. The molecule has 0 aromatic carbocycles. The van der Waals surface area contributed by atoms with Gasteiger partial charge in [-0.25, -0.2) is 4.79 Å². The molecule has 0 atom stereocenters. The highest BCUT2D eigenvalue weighted by Crippen LogP contribution is 2.19. The molecular weight excluding hydrogens is 308 g/mol. The number of hydrogen-bond donors (Lipinski definition) is 0. The van der Waals surface area contributed by atoms with Crippen LogP contribution in [0.3, 0.4) is 0 Å². The number of amides is 1. The van der Waals surface area contributed by atoms with E-state index in [0.717, 1.165) is 51.7 Å². The van der Waals surface area contributed by atoms with Gasteiger partial charge in [-0.2, -0.15) is 0 Å². The van der Waals surface area contributed by atoms with Crippen molar-refractivity contribution in [3.8, 4) is 0 Å². The third-order valence-electron chi connectivity index (χ3n) is 4.48. The summed E-state index contributed by atoms with van der Waals surface area (Å²) in [5.74, 6) is 0. The summed E-state index contributed by atoms with van der Waals surface area (Å²) < 4.78 is 15.9. The minimum absolute atomic E-state index is 0.0850. The van der Waals surface area contributed by atoms with Crippen molar-refractivity contribution in [1.82, 2.24) is 9.80 Å². The van der Waals surface area contributed by atoms with Crippen LogP contribution in [-0.2, 0) is 14.2 Å². The largest absolute Gasteiger partial charge is 0.444 e. The minimum Gasteiger partial charge on any atom is -0.444 e. The van der Waals surface area contributed by atoms with Gasteiger partial charge in [0, 0.05) is 40.4 Å². The Balaban J connectivity index is 2.23. The Hall–Kier alpha value is -0.850. The SMILES string of the molecule is COC(CCCCN1CCC(N(C)C(=O)OC(C)(C)C)CC1)OC. The lowest BCUT2D eigenvalue weighted by molar-refractivity contribution is -0.107. The topological polar surface area (TPSA) is 51.2 Å². The van der Waals surface area contributed by atoms with E-state index in [1.54, 1.807) is 19.1 Å². The van der Waals surface area contributed by atoms with Crippen molar-refractivity contribution in [2.45, 2.75) is 70.8 Å². The smallest absolute Gasteiger partial charge is 0.410 e. The third-order valence-corrected chi connectivity index (χ3v) is 4.48. The van der Waals surface area contributed by atoms with Crippen LogP contribution >= 0.6 is 0 Å². The first kappa shape index (κ1) is 21.2. The van der Waals surface area contributed by atoms with E-state index in [1.165, 1.54) is 0 Å². The maximum absolute atomic E-state index is 12.1. The lowest BCUT2D eigenvalue weighted by Crippen LogP contribution is -2.47. The molecule has 1 aliphatic heterocycles. The molecule has 6 heteroatoms. The second kappa shape index (κ2) is 10.2. The minimum atomic E-state index is -0.436. The molecule has 1 heterocycles. The number of ether oxygens (including phenoxy) is 3. The van der Waals surface area contributed by atoms with Crippen LogP contribution in [0.15, 0.2) is 0 Å². The summed E-state index contributed by atoms with van der Waals surface area (Å²) in [6.07, 6.45) is 4.90. The van der Waals surface area contributed by atoms with E-state index in [-0.39, 0.29) is 18.4 Å². The van der Waals surface area contributed by atoms with E-state index in [9.17, 15) is 4.79 Å². The molecule has 0 radical (unpaired) electrons. The normalized spacial score (nSPS) is 17.3. The predicted molar refractivity (Wildman–Crippen MR) is 95.1 cm³/mol. The molecule has 0 bridgehead atoms.